The van der Waals surface area contributed by atoms with Crippen LogP contribution in [-0.2, 0) is 0 Å². The van der Waals surface area contributed by atoms with Crippen LogP contribution in [0.1, 0.15) is 68.2 Å². The molecule has 1 heterocycles. The number of aromatic carboxylic acids is 1. The molecule has 1 atom stereocenters. The Bertz CT molecular complexity index is 421. The van der Waals surface area contributed by atoms with Gasteiger partial charge in [-0.25, -0.2) is 9.48 Å². The first-order valence-electron chi connectivity index (χ1n) is 6.20. The number of carboxylic acids is 1. The van der Waals surface area contributed by atoms with Crippen LogP contribution in [0, 0.1) is 5.92 Å². The summed E-state index contributed by atoms with van der Waals surface area (Å²) in [5.41, 5.74) is 0.850. The molecule has 1 aromatic rings. The molecule has 1 N–H and O–H groups in total. The molecule has 1 aliphatic rings. The van der Waals surface area contributed by atoms with Crippen LogP contribution < -0.4 is 0 Å². The first-order chi connectivity index (χ1) is 8.02. The van der Waals surface area contributed by atoms with Crippen molar-refractivity contribution in [1.82, 2.24) is 15.0 Å². The van der Waals surface area contributed by atoms with E-state index in [0.717, 1.165) is 5.69 Å². The van der Waals surface area contributed by atoms with Crippen LogP contribution in [0.4, 0.5) is 0 Å². The summed E-state index contributed by atoms with van der Waals surface area (Å²) >= 11 is 0. The molecule has 5 heteroatoms. The quantitative estimate of drug-likeness (QED) is 0.873. The summed E-state index contributed by atoms with van der Waals surface area (Å²) < 4.78 is 1.82. The molecule has 0 spiro atoms. The molecule has 1 fully saturated rings. The molecule has 0 amide bonds. The van der Waals surface area contributed by atoms with Gasteiger partial charge in [-0.05, 0) is 31.6 Å². The summed E-state index contributed by atoms with van der Waals surface area (Å²) in [5, 5.41) is 17.0. The zero-order chi connectivity index (χ0) is 12.6. The summed E-state index contributed by atoms with van der Waals surface area (Å²) in [7, 11) is 0. The summed E-state index contributed by atoms with van der Waals surface area (Å²) in [6.07, 6.45) is 3.69. The van der Waals surface area contributed by atoms with E-state index in [1.165, 1.54) is 19.3 Å². The number of hydrogen-bond donors (Lipinski definition) is 1. The highest BCUT2D eigenvalue weighted by atomic mass is 16.4. The van der Waals surface area contributed by atoms with Gasteiger partial charge in [0, 0.05) is 0 Å². The zero-order valence-electron chi connectivity index (χ0n) is 10.6. The van der Waals surface area contributed by atoms with E-state index in [0.29, 0.717) is 5.92 Å². The Hall–Kier alpha value is -1.39. The maximum Gasteiger partial charge on any atom is 0.358 e. The van der Waals surface area contributed by atoms with Crippen molar-refractivity contribution in [1.29, 1.82) is 0 Å². The molecular weight excluding hydrogens is 218 g/mol. The van der Waals surface area contributed by atoms with Gasteiger partial charge < -0.3 is 5.11 Å². The predicted octanol–water partition coefficient (Wildman–Crippen LogP) is 2.46. The van der Waals surface area contributed by atoms with Gasteiger partial charge in [0.15, 0.2) is 5.69 Å². The number of hydrogen-bond acceptors (Lipinski definition) is 3. The molecule has 0 bridgehead atoms. The SMILES string of the molecule is CC(C)c1c(C(=O)O)nnn1C(C)C1CCC1. The second-order valence-corrected chi connectivity index (χ2v) is 5.16. The average Bonchev–Trinajstić information content (AvgIpc) is 2.58. The molecule has 94 valence electrons. The minimum Gasteiger partial charge on any atom is -0.476 e. The second-order valence-electron chi connectivity index (χ2n) is 5.16. The Balaban J connectivity index is 2.35. The monoisotopic (exact) mass is 237 g/mol. The molecule has 1 unspecified atom stereocenters. The molecule has 1 aromatic heterocycles. The van der Waals surface area contributed by atoms with Crippen LogP contribution in [0.15, 0.2) is 0 Å². The van der Waals surface area contributed by atoms with E-state index in [2.05, 4.69) is 17.2 Å². The van der Waals surface area contributed by atoms with Crippen LogP contribution in [0.2, 0.25) is 0 Å². The van der Waals surface area contributed by atoms with Gasteiger partial charge in [-0.3, -0.25) is 0 Å². The van der Waals surface area contributed by atoms with E-state index in [-0.39, 0.29) is 17.7 Å². The number of carbonyl (C=O) groups is 1. The van der Waals surface area contributed by atoms with Crippen LogP contribution in [0.25, 0.3) is 0 Å². The molecule has 0 aliphatic heterocycles. The first-order valence-corrected chi connectivity index (χ1v) is 6.20. The average molecular weight is 237 g/mol. The number of rotatable bonds is 4. The standard InChI is InChI=1S/C12H19N3O2/c1-7(2)11-10(12(16)17)13-14-15(11)8(3)9-5-4-6-9/h7-9H,4-6H2,1-3H3,(H,16,17). The predicted molar refractivity (Wildman–Crippen MR) is 63.1 cm³/mol. The van der Waals surface area contributed by atoms with Gasteiger partial charge in [0.2, 0.25) is 0 Å². The summed E-state index contributed by atoms with van der Waals surface area (Å²) in [6.45, 7) is 6.07. The van der Waals surface area contributed by atoms with E-state index in [9.17, 15) is 4.79 Å². The fourth-order valence-electron chi connectivity index (χ4n) is 2.41. The second kappa shape index (κ2) is 4.47. The van der Waals surface area contributed by atoms with E-state index in [1.54, 1.807) is 0 Å². The topological polar surface area (TPSA) is 68.0 Å². The fraction of sp³-hybridized carbons (Fsp3) is 0.750. The molecule has 1 aliphatic carbocycles. The van der Waals surface area contributed by atoms with Crippen LogP contribution >= 0.6 is 0 Å². The minimum absolute atomic E-state index is 0.103. The van der Waals surface area contributed by atoms with E-state index in [1.807, 2.05) is 18.5 Å². The normalized spacial score (nSPS) is 18.1. The Morgan fingerprint density at radius 1 is 1.41 bits per heavy atom. The lowest BCUT2D eigenvalue weighted by atomic mass is 9.80. The van der Waals surface area contributed by atoms with E-state index < -0.39 is 5.97 Å². The molecule has 2 rings (SSSR count). The van der Waals surface area contributed by atoms with Crippen LogP contribution in [-0.4, -0.2) is 26.1 Å². The third-order valence-corrected chi connectivity index (χ3v) is 3.70. The largest absolute Gasteiger partial charge is 0.476 e. The number of nitrogens with zero attached hydrogens (tertiary/aromatic N) is 3. The maximum atomic E-state index is 11.1. The highest BCUT2D eigenvalue weighted by molar-refractivity contribution is 5.86. The molecule has 17 heavy (non-hydrogen) atoms. The fourth-order valence-corrected chi connectivity index (χ4v) is 2.41. The summed E-state index contributed by atoms with van der Waals surface area (Å²) in [4.78, 5) is 11.1. The number of carboxylic acid groups (broad SMARTS) is 1. The summed E-state index contributed by atoms with van der Waals surface area (Å²) in [6, 6.07) is 0.252. The Labute approximate surface area is 101 Å². The van der Waals surface area contributed by atoms with Gasteiger partial charge in [0.05, 0.1) is 11.7 Å². The van der Waals surface area contributed by atoms with Gasteiger partial charge >= 0.3 is 5.97 Å². The summed E-state index contributed by atoms with van der Waals surface area (Å²) in [5.74, 6) is -0.241. The van der Waals surface area contributed by atoms with Crippen molar-refractivity contribution in [3.63, 3.8) is 0 Å². The van der Waals surface area contributed by atoms with Gasteiger partial charge in [0.25, 0.3) is 0 Å². The highest BCUT2D eigenvalue weighted by Crippen LogP contribution is 2.37. The van der Waals surface area contributed by atoms with Crippen molar-refractivity contribution in [2.45, 2.75) is 52.0 Å². The van der Waals surface area contributed by atoms with Crippen molar-refractivity contribution in [2.24, 2.45) is 5.92 Å². The molecule has 0 radical (unpaired) electrons. The van der Waals surface area contributed by atoms with Crippen molar-refractivity contribution < 1.29 is 9.90 Å². The Kier molecular flexibility index (Phi) is 3.17. The third kappa shape index (κ3) is 2.06. The van der Waals surface area contributed by atoms with Gasteiger partial charge in [-0.15, -0.1) is 5.10 Å². The molecule has 1 saturated carbocycles. The van der Waals surface area contributed by atoms with Crippen molar-refractivity contribution in [3.05, 3.63) is 11.4 Å². The zero-order valence-corrected chi connectivity index (χ0v) is 10.6. The van der Waals surface area contributed by atoms with Crippen molar-refractivity contribution in [3.8, 4) is 0 Å². The van der Waals surface area contributed by atoms with E-state index in [4.69, 9.17) is 5.11 Å². The van der Waals surface area contributed by atoms with Crippen molar-refractivity contribution >= 4 is 5.97 Å². The molecular formula is C12H19N3O2. The van der Waals surface area contributed by atoms with Crippen molar-refractivity contribution in [2.75, 3.05) is 0 Å². The first kappa shape index (κ1) is 12.1. The Morgan fingerprint density at radius 3 is 2.47 bits per heavy atom. The molecule has 0 aromatic carbocycles. The van der Waals surface area contributed by atoms with Crippen LogP contribution in [0.3, 0.4) is 0 Å². The lowest BCUT2D eigenvalue weighted by molar-refractivity contribution is 0.0688. The maximum absolute atomic E-state index is 11.1. The lowest BCUT2D eigenvalue weighted by Crippen LogP contribution is -2.25. The van der Waals surface area contributed by atoms with E-state index >= 15 is 0 Å². The van der Waals surface area contributed by atoms with Gasteiger partial charge in [-0.2, -0.15) is 0 Å². The minimum atomic E-state index is -0.985. The van der Waals surface area contributed by atoms with Gasteiger partial charge in [-0.1, -0.05) is 25.5 Å². The van der Waals surface area contributed by atoms with Gasteiger partial charge in [0.1, 0.15) is 0 Å². The highest BCUT2D eigenvalue weighted by Gasteiger charge is 2.30. The number of aromatic nitrogens is 3. The van der Waals surface area contributed by atoms with Crippen LogP contribution in [0.5, 0.6) is 0 Å². The molecule has 0 saturated heterocycles. The Morgan fingerprint density at radius 2 is 2.06 bits per heavy atom. The molecule has 5 nitrogen and oxygen atoms in total. The lowest BCUT2D eigenvalue weighted by Gasteiger charge is -2.32. The third-order valence-electron chi connectivity index (χ3n) is 3.70. The smallest absolute Gasteiger partial charge is 0.358 e.